The molecule has 0 unspecified atom stereocenters. The van der Waals surface area contributed by atoms with E-state index in [-0.39, 0.29) is 5.91 Å². The molecule has 1 aromatic rings. The second kappa shape index (κ2) is 4.33. The topological polar surface area (TPSA) is 51.2 Å². The van der Waals surface area contributed by atoms with Crippen LogP contribution in [-0.2, 0) is 4.79 Å². The number of nitrogens with one attached hydrogen (secondary N) is 1. The molecule has 1 amide bonds. The van der Waals surface area contributed by atoms with Gasteiger partial charge in [0.15, 0.2) is 0 Å². The fourth-order valence-corrected chi connectivity index (χ4v) is 0.589. The highest BCUT2D eigenvalue weighted by Gasteiger charge is 1.97. The Bertz CT molecular complexity index is 248. The van der Waals surface area contributed by atoms with Crippen molar-refractivity contribution in [2.24, 2.45) is 0 Å². The van der Waals surface area contributed by atoms with Gasteiger partial charge in [0.05, 0.1) is 0 Å². The van der Waals surface area contributed by atoms with E-state index in [4.69, 9.17) is 4.84 Å². The average molecular weight is 166 g/mol. The van der Waals surface area contributed by atoms with Gasteiger partial charge in [-0.05, 0) is 6.07 Å². The van der Waals surface area contributed by atoms with Gasteiger partial charge in [0, 0.05) is 18.7 Å². The summed E-state index contributed by atoms with van der Waals surface area (Å²) in [7, 11) is 0. The van der Waals surface area contributed by atoms with Gasteiger partial charge in [0.25, 0.3) is 5.91 Å². The molecule has 0 aliphatic heterocycles. The third-order valence-corrected chi connectivity index (χ3v) is 1.23. The van der Waals surface area contributed by atoms with Crippen molar-refractivity contribution >= 4 is 5.91 Å². The molecule has 1 heterocycles. The first-order valence-electron chi connectivity index (χ1n) is 3.69. The Balaban J connectivity index is 2.38. The SMILES string of the molecule is CCC(=O)NOc1ccccn1. The zero-order chi connectivity index (χ0) is 8.81. The van der Waals surface area contributed by atoms with Crippen LogP contribution in [0.15, 0.2) is 24.4 Å². The Labute approximate surface area is 70.5 Å². The minimum atomic E-state index is -0.166. The average Bonchev–Trinajstić information content (AvgIpc) is 2.16. The van der Waals surface area contributed by atoms with E-state index in [2.05, 4.69) is 10.5 Å². The number of nitrogens with zero attached hydrogens (tertiary/aromatic N) is 1. The van der Waals surface area contributed by atoms with Crippen LogP contribution in [0, 0.1) is 0 Å². The summed E-state index contributed by atoms with van der Waals surface area (Å²) in [5.74, 6) is 0.222. The maximum Gasteiger partial charge on any atom is 0.252 e. The number of pyridine rings is 1. The highest BCUT2D eigenvalue weighted by atomic mass is 16.7. The lowest BCUT2D eigenvalue weighted by Crippen LogP contribution is -2.26. The number of hydrogen-bond donors (Lipinski definition) is 1. The molecule has 4 heteroatoms. The van der Waals surface area contributed by atoms with Gasteiger partial charge in [0.2, 0.25) is 5.88 Å². The Morgan fingerprint density at radius 3 is 3.08 bits per heavy atom. The molecule has 0 fully saturated rings. The van der Waals surface area contributed by atoms with Crippen molar-refractivity contribution in [2.75, 3.05) is 0 Å². The van der Waals surface area contributed by atoms with E-state index in [1.54, 1.807) is 31.3 Å². The summed E-state index contributed by atoms with van der Waals surface area (Å²) in [5.41, 5.74) is 2.25. The van der Waals surface area contributed by atoms with Gasteiger partial charge in [-0.25, -0.2) is 4.98 Å². The lowest BCUT2D eigenvalue weighted by Gasteiger charge is -2.02. The Morgan fingerprint density at radius 1 is 1.67 bits per heavy atom. The lowest BCUT2D eigenvalue weighted by atomic mass is 10.5. The van der Waals surface area contributed by atoms with Gasteiger partial charge >= 0.3 is 0 Å². The van der Waals surface area contributed by atoms with Crippen molar-refractivity contribution < 1.29 is 9.63 Å². The molecule has 0 bridgehead atoms. The molecule has 1 N–H and O–H groups in total. The van der Waals surface area contributed by atoms with Crippen LogP contribution in [0.2, 0.25) is 0 Å². The maximum atomic E-state index is 10.7. The summed E-state index contributed by atoms with van der Waals surface area (Å²) < 4.78 is 0. The van der Waals surface area contributed by atoms with Crippen LogP contribution < -0.4 is 10.3 Å². The summed E-state index contributed by atoms with van der Waals surface area (Å²) >= 11 is 0. The van der Waals surface area contributed by atoms with Crippen LogP contribution in [0.1, 0.15) is 13.3 Å². The molecule has 4 nitrogen and oxygen atoms in total. The summed E-state index contributed by atoms with van der Waals surface area (Å²) in [4.78, 5) is 19.4. The minimum absolute atomic E-state index is 0.166. The molecule has 0 radical (unpaired) electrons. The Morgan fingerprint density at radius 2 is 2.50 bits per heavy atom. The molecule has 0 aromatic carbocycles. The molecular formula is C8H10N2O2. The van der Waals surface area contributed by atoms with Gasteiger partial charge in [-0.3, -0.25) is 4.79 Å². The van der Waals surface area contributed by atoms with E-state index >= 15 is 0 Å². The number of rotatable bonds is 3. The summed E-state index contributed by atoms with van der Waals surface area (Å²) in [5, 5.41) is 0. The maximum absolute atomic E-state index is 10.7. The predicted molar refractivity (Wildman–Crippen MR) is 43.3 cm³/mol. The van der Waals surface area contributed by atoms with Crippen molar-refractivity contribution in [3.8, 4) is 5.88 Å². The highest BCUT2D eigenvalue weighted by Crippen LogP contribution is 2.00. The third-order valence-electron chi connectivity index (χ3n) is 1.23. The van der Waals surface area contributed by atoms with Crippen LogP contribution >= 0.6 is 0 Å². The molecule has 64 valence electrons. The number of carbonyl (C=O) groups excluding carboxylic acids is 1. The largest absolute Gasteiger partial charge is 0.359 e. The molecule has 0 spiro atoms. The van der Waals surface area contributed by atoms with Crippen LogP contribution in [-0.4, -0.2) is 10.9 Å². The van der Waals surface area contributed by atoms with E-state index in [0.29, 0.717) is 12.3 Å². The van der Waals surface area contributed by atoms with Crippen molar-refractivity contribution in [1.29, 1.82) is 0 Å². The van der Waals surface area contributed by atoms with Crippen LogP contribution in [0.4, 0.5) is 0 Å². The first kappa shape index (κ1) is 8.52. The van der Waals surface area contributed by atoms with Gasteiger partial charge in [-0.1, -0.05) is 13.0 Å². The first-order chi connectivity index (χ1) is 5.83. The van der Waals surface area contributed by atoms with Gasteiger partial charge in [0.1, 0.15) is 0 Å². The molecule has 0 atom stereocenters. The molecule has 1 aromatic heterocycles. The van der Waals surface area contributed by atoms with Crippen molar-refractivity contribution in [3.05, 3.63) is 24.4 Å². The zero-order valence-electron chi connectivity index (χ0n) is 6.78. The number of carbonyl (C=O) groups is 1. The molecule has 0 aliphatic carbocycles. The normalized spacial score (nSPS) is 9.08. The third kappa shape index (κ3) is 2.57. The molecule has 1 rings (SSSR count). The number of amides is 1. The van der Waals surface area contributed by atoms with Gasteiger partial charge in [-0.15, -0.1) is 0 Å². The van der Waals surface area contributed by atoms with Crippen molar-refractivity contribution in [1.82, 2.24) is 10.5 Å². The minimum Gasteiger partial charge on any atom is -0.359 e. The van der Waals surface area contributed by atoms with E-state index in [0.717, 1.165) is 0 Å². The Hall–Kier alpha value is -1.58. The fourth-order valence-electron chi connectivity index (χ4n) is 0.589. The smallest absolute Gasteiger partial charge is 0.252 e. The molecular weight excluding hydrogens is 156 g/mol. The van der Waals surface area contributed by atoms with Crippen molar-refractivity contribution in [2.45, 2.75) is 13.3 Å². The molecule has 0 saturated carbocycles. The monoisotopic (exact) mass is 166 g/mol. The van der Waals surface area contributed by atoms with E-state index in [1.165, 1.54) is 0 Å². The quantitative estimate of drug-likeness (QED) is 0.679. The van der Waals surface area contributed by atoms with E-state index in [9.17, 15) is 4.79 Å². The molecule has 12 heavy (non-hydrogen) atoms. The van der Waals surface area contributed by atoms with Crippen molar-refractivity contribution in [3.63, 3.8) is 0 Å². The zero-order valence-corrected chi connectivity index (χ0v) is 6.78. The summed E-state index contributed by atoms with van der Waals surface area (Å²) in [6.45, 7) is 1.75. The van der Waals surface area contributed by atoms with Crippen LogP contribution in [0.25, 0.3) is 0 Å². The van der Waals surface area contributed by atoms with Crippen LogP contribution in [0.5, 0.6) is 5.88 Å². The number of aromatic nitrogens is 1. The first-order valence-corrected chi connectivity index (χ1v) is 3.69. The number of hydroxylamine groups is 1. The molecule has 0 saturated heterocycles. The molecule has 0 aliphatic rings. The summed E-state index contributed by atoms with van der Waals surface area (Å²) in [6.07, 6.45) is 1.99. The fraction of sp³-hybridized carbons (Fsp3) is 0.250. The van der Waals surface area contributed by atoms with E-state index < -0.39 is 0 Å². The second-order valence-corrected chi connectivity index (χ2v) is 2.15. The number of hydrogen-bond acceptors (Lipinski definition) is 3. The second-order valence-electron chi connectivity index (χ2n) is 2.15. The van der Waals surface area contributed by atoms with Crippen LogP contribution in [0.3, 0.4) is 0 Å². The van der Waals surface area contributed by atoms with Gasteiger partial charge in [-0.2, -0.15) is 5.48 Å². The standard InChI is InChI=1S/C8H10N2O2/c1-2-7(11)10-12-8-5-3-4-6-9-8/h3-6H,2H2,1H3,(H,10,11). The lowest BCUT2D eigenvalue weighted by molar-refractivity contribution is -0.127. The predicted octanol–water partition coefficient (Wildman–Crippen LogP) is 0.902. The van der Waals surface area contributed by atoms with Gasteiger partial charge < -0.3 is 4.84 Å². The highest BCUT2D eigenvalue weighted by molar-refractivity contribution is 5.74. The summed E-state index contributed by atoms with van der Waals surface area (Å²) in [6, 6.07) is 5.21. The van der Waals surface area contributed by atoms with E-state index in [1.807, 2.05) is 0 Å². The Kier molecular flexibility index (Phi) is 3.07.